The normalized spacial score (nSPS) is 27.4. The summed E-state index contributed by atoms with van der Waals surface area (Å²) >= 11 is 0. The maximum atomic E-state index is 13.7. The van der Waals surface area contributed by atoms with E-state index in [2.05, 4.69) is 10.9 Å². The van der Waals surface area contributed by atoms with Crippen molar-refractivity contribution >= 4 is 5.97 Å². The summed E-state index contributed by atoms with van der Waals surface area (Å²) in [6.07, 6.45) is -0.0807. The van der Waals surface area contributed by atoms with Crippen LogP contribution in [0.5, 0.6) is 0 Å². The van der Waals surface area contributed by atoms with Crippen molar-refractivity contribution < 1.29 is 18.7 Å². The molecule has 0 amide bonds. The van der Waals surface area contributed by atoms with Gasteiger partial charge in [0.1, 0.15) is 11.6 Å². The van der Waals surface area contributed by atoms with E-state index >= 15 is 0 Å². The van der Waals surface area contributed by atoms with Crippen LogP contribution in [0.2, 0.25) is 0 Å². The van der Waals surface area contributed by atoms with Gasteiger partial charge in [0.2, 0.25) is 0 Å². The van der Waals surface area contributed by atoms with Crippen molar-refractivity contribution in [2.24, 2.45) is 5.92 Å². The smallest absolute Gasteiger partial charge is 0.303 e. The van der Waals surface area contributed by atoms with E-state index in [0.29, 0.717) is 0 Å². The number of halogens is 2. The maximum absolute atomic E-state index is 13.7. The molecular weight excluding hydrogens is 242 g/mol. The van der Waals surface area contributed by atoms with Crippen molar-refractivity contribution in [3.63, 3.8) is 0 Å². The van der Waals surface area contributed by atoms with E-state index in [0.717, 1.165) is 6.07 Å². The molecule has 18 heavy (non-hydrogen) atoms. The fourth-order valence-corrected chi connectivity index (χ4v) is 2.28. The zero-order valence-corrected chi connectivity index (χ0v) is 9.78. The Morgan fingerprint density at radius 3 is 2.72 bits per heavy atom. The molecule has 1 aromatic carbocycles. The monoisotopic (exact) mass is 256 g/mol. The van der Waals surface area contributed by atoms with Crippen molar-refractivity contribution in [1.82, 2.24) is 10.9 Å². The van der Waals surface area contributed by atoms with Gasteiger partial charge in [0.25, 0.3) is 0 Å². The van der Waals surface area contributed by atoms with Gasteiger partial charge in [-0.1, -0.05) is 6.07 Å². The van der Waals surface area contributed by atoms with Gasteiger partial charge in [0, 0.05) is 23.6 Å². The van der Waals surface area contributed by atoms with Crippen molar-refractivity contribution in [2.75, 3.05) is 0 Å². The number of aliphatic carboxylic acids is 1. The summed E-state index contributed by atoms with van der Waals surface area (Å²) in [6, 6.07) is 2.74. The number of rotatable bonds is 3. The zero-order chi connectivity index (χ0) is 13.3. The van der Waals surface area contributed by atoms with Crippen molar-refractivity contribution in [3.05, 3.63) is 35.4 Å². The highest BCUT2D eigenvalue weighted by Crippen LogP contribution is 2.32. The van der Waals surface area contributed by atoms with Gasteiger partial charge in [-0.05, 0) is 13.0 Å². The highest BCUT2D eigenvalue weighted by atomic mass is 19.1. The topological polar surface area (TPSA) is 61.4 Å². The second-order valence-corrected chi connectivity index (χ2v) is 4.48. The second kappa shape index (κ2) is 4.99. The third-order valence-corrected chi connectivity index (χ3v) is 3.24. The number of carboxylic acid groups (broad SMARTS) is 1. The number of carbonyl (C=O) groups is 1. The number of carboxylic acids is 1. The average Bonchev–Trinajstić information content (AvgIpc) is 2.60. The molecule has 0 aliphatic carbocycles. The van der Waals surface area contributed by atoms with Crippen LogP contribution in [-0.2, 0) is 4.79 Å². The first-order valence-corrected chi connectivity index (χ1v) is 5.67. The molecule has 1 saturated heterocycles. The lowest BCUT2D eigenvalue weighted by Gasteiger charge is -2.19. The minimum atomic E-state index is -0.940. The van der Waals surface area contributed by atoms with Gasteiger partial charge < -0.3 is 5.11 Å². The summed E-state index contributed by atoms with van der Waals surface area (Å²) in [5.74, 6) is -2.55. The molecule has 1 heterocycles. The molecule has 0 spiro atoms. The Hall–Kier alpha value is -1.53. The van der Waals surface area contributed by atoms with E-state index in [4.69, 9.17) is 5.11 Å². The van der Waals surface area contributed by atoms with Crippen LogP contribution < -0.4 is 10.9 Å². The Kier molecular flexibility index (Phi) is 3.58. The van der Waals surface area contributed by atoms with E-state index < -0.39 is 23.6 Å². The molecule has 1 aliphatic heterocycles. The van der Waals surface area contributed by atoms with E-state index in [9.17, 15) is 13.6 Å². The fourth-order valence-electron chi connectivity index (χ4n) is 2.28. The number of benzene rings is 1. The Morgan fingerprint density at radius 1 is 1.39 bits per heavy atom. The van der Waals surface area contributed by atoms with E-state index in [1.165, 1.54) is 12.1 Å². The summed E-state index contributed by atoms with van der Waals surface area (Å²) in [6.45, 7) is 1.82. The van der Waals surface area contributed by atoms with Crippen LogP contribution in [0.25, 0.3) is 0 Å². The molecule has 0 aromatic heterocycles. The number of hydrogen-bond donors (Lipinski definition) is 3. The number of hydrazine groups is 1. The van der Waals surface area contributed by atoms with Gasteiger partial charge in [-0.25, -0.2) is 14.2 Å². The maximum Gasteiger partial charge on any atom is 0.303 e. The molecule has 3 N–H and O–H groups in total. The Bertz CT molecular complexity index is 467. The summed E-state index contributed by atoms with van der Waals surface area (Å²) in [5.41, 5.74) is 6.03. The zero-order valence-electron chi connectivity index (χ0n) is 9.78. The molecule has 1 fully saturated rings. The number of nitrogens with one attached hydrogen (secondary N) is 2. The van der Waals surface area contributed by atoms with Crippen LogP contribution in [0.1, 0.15) is 24.9 Å². The molecule has 98 valence electrons. The van der Waals surface area contributed by atoms with Gasteiger partial charge in [0.05, 0.1) is 12.5 Å². The quantitative estimate of drug-likeness (QED) is 0.768. The summed E-state index contributed by atoms with van der Waals surface area (Å²) in [7, 11) is 0. The summed E-state index contributed by atoms with van der Waals surface area (Å²) in [4.78, 5) is 10.8. The first kappa shape index (κ1) is 12.9. The molecule has 1 aromatic rings. The van der Waals surface area contributed by atoms with Crippen LogP contribution in [0, 0.1) is 17.6 Å². The SMILES string of the molecule is CC1NNC(c2ccc(F)cc2F)C1CC(=O)O. The van der Waals surface area contributed by atoms with Gasteiger partial charge in [-0.15, -0.1) is 0 Å². The molecule has 3 atom stereocenters. The molecule has 3 unspecified atom stereocenters. The molecule has 1 aliphatic rings. The van der Waals surface area contributed by atoms with Gasteiger partial charge in [-0.3, -0.25) is 10.2 Å². The van der Waals surface area contributed by atoms with Crippen molar-refractivity contribution in [2.45, 2.75) is 25.4 Å². The molecule has 0 saturated carbocycles. The lowest BCUT2D eigenvalue weighted by atomic mass is 9.87. The summed E-state index contributed by atoms with van der Waals surface area (Å²) in [5, 5.41) is 8.86. The number of hydrogen-bond acceptors (Lipinski definition) is 3. The summed E-state index contributed by atoms with van der Waals surface area (Å²) < 4.78 is 26.5. The first-order chi connectivity index (χ1) is 8.49. The predicted octanol–water partition coefficient (Wildman–Crippen LogP) is 1.59. The minimum absolute atomic E-state index is 0.0807. The third-order valence-electron chi connectivity index (χ3n) is 3.24. The standard InChI is InChI=1S/C12H14F2N2O2/c1-6-9(5-11(17)18)12(16-15-6)8-3-2-7(13)4-10(8)14/h2-4,6,9,12,15-16H,5H2,1H3,(H,17,18). The fraction of sp³-hybridized carbons (Fsp3) is 0.417. The van der Waals surface area contributed by atoms with Crippen LogP contribution in [0.3, 0.4) is 0 Å². The van der Waals surface area contributed by atoms with Crippen LogP contribution in [0.15, 0.2) is 18.2 Å². The predicted molar refractivity (Wildman–Crippen MR) is 60.6 cm³/mol. The lowest BCUT2D eigenvalue weighted by Crippen LogP contribution is -2.29. The van der Waals surface area contributed by atoms with Gasteiger partial charge in [0.15, 0.2) is 0 Å². The van der Waals surface area contributed by atoms with Crippen molar-refractivity contribution in [3.8, 4) is 0 Å². The first-order valence-electron chi connectivity index (χ1n) is 5.67. The Labute approximate surface area is 103 Å². The Balaban J connectivity index is 2.28. The van der Waals surface area contributed by atoms with Gasteiger partial charge in [-0.2, -0.15) is 0 Å². The Morgan fingerprint density at radius 2 is 2.11 bits per heavy atom. The second-order valence-electron chi connectivity index (χ2n) is 4.48. The van der Waals surface area contributed by atoms with E-state index in [1.807, 2.05) is 6.92 Å². The highest BCUT2D eigenvalue weighted by molar-refractivity contribution is 5.67. The van der Waals surface area contributed by atoms with Gasteiger partial charge >= 0.3 is 5.97 Å². The van der Waals surface area contributed by atoms with Crippen LogP contribution >= 0.6 is 0 Å². The third kappa shape index (κ3) is 2.49. The largest absolute Gasteiger partial charge is 0.481 e. The minimum Gasteiger partial charge on any atom is -0.481 e. The molecule has 2 rings (SSSR count). The molecular formula is C12H14F2N2O2. The van der Waals surface area contributed by atoms with E-state index in [-0.39, 0.29) is 23.9 Å². The highest BCUT2D eigenvalue weighted by Gasteiger charge is 2.36. The van der Waals surface area contributed by atoms with Crippen LogP contribution in [-0.4, -0.2) is 17.1 Å². The molecule has 0 bridgehead atoms. The molecule has 0 radical (unpaired) electrons. The molecule has 4 nitrogen and oxygen atoms in total. The van der Waals surface area contributed by atoms with E-state index in [1.54, 1.807) is 0 Å². The molecule has 6 heteroatoms. The van der Waals surface area contributed by atoms with Crippen LogP contribution in [0.4, 0.5) is 8.78 Å². The van der Waals surface area contributed by atoms with Crippen molar-refractivity contribution in [1.29, 1.82) is 0 Å². The average molecular weight is 256 g/mol. The lowest BCUT2D eigenvalue weighted by molar-refractivity contribution is -0.138.